The third kappa shape index (κ3) is 3.75. The molecule has 1 saturated heterocycles. The van der Waals surface area contributed by atoms with Gasteiger partial charge in [-0.2, -0.15) is 5.90 Å². The van der Waals surface area contributed by atoms with Gasteiger partial charge in [-0.05, 0) is 37.1 Å². The highest BCUT2D eigenvalue weighted by Gasteiger charge is 2.28. The molecule has 0 spiro atoms. The van der Waals surface area contributed by atoms with E-state index in [2.05, 4.69) is 20.5 Å². The molecule has 2 rings (SSSR count). The summed E-state index contributed by atoms with van der Waals surface area (Å²) in [7, 11) is 0. The number of hydrogen-bond donors (Lipinski definition) is 3. The van der Waals surface area contributed by atoms with E-state index in [1.165, 1.54) is 0 Å². The highest BCUT2D eigenvalue weighted by atomic mass is 16.7. The number of nitrogens with two attached hydrogens (primary N) is 1. The van der Waals surface area contributed by atoms with Crippen LogP contribution in [-0.4, -0.2) is 35.5 Å². The molecule has 7 nitrogen and oxygen atoms in total. The highest BCUT2D eigenvalue weighted by molar-refractivity contribution is 5.87. The van der Waals surface area contributed by atoms with Crippen LogP contribution in [0.3, 0.4) is 0 Å². The van der Waals surface area contributed by atoms with E-state index in [0.29, 0.717) is 6.42 Å². The van der Waals surface area contributed by atoms with E-state index in [1.54, 1.807) is 24.5 Å². The van der Waals surface area contributed by atoms with Crippen LogP contribution in [0.4, 0.5) is 0 Å². The van der Waals surface area contributed by atoms with Crippen LogP contribution < -0.4 is 16.5 Å². The Kier molecular flexibility index (Phi) is 5.03. The SMILES string of the molecule is NOC(=O)[C@H](Cc1ccncc1)NC(=O)[C@@H]1CCCN1. The molecule has 2 heterocycles. The van der Waals surface area contributed by atoms with Crippen molar-refractivity contribution in [1.29, 1.82) is 0 Å². The Hall–Kier alpha value is -1.99. The van der Waals surface area contributed by atoms with Crippen LogP contribution in [0.1, 0.15) is 18.4 Å². The number of carbonyl (C=O) groups is 2. The van der Waals surface area contributed by atoms with Crippen LogP contribution in [0.25, 0.3) is 0 Å². The summed E-state index contributed by atoms with van der Waals surface area (Å²) < 4.78 is 0. The molecule has 1 amide bonds. The first-order valence-electron chi connectivity index (χ1n) is 6.54. The molecule has 0 bridgehead atoms. The van der Waals surface area contributed by atoms with Crippen molar-refractivity contribution in [2.24, 2.45) is 5.90 Å². The molecule has 1 aromatic heterocycles. The van der Waals surface area contributed by atoms with Crippen LogP contribution in [0.5, 0.6) is 0 Å². The number of hydrogen-bond acceptors (Lipinski definition) is 6. The lowest BCUT2D eigenvalue weighted by Crippen LogP contribution is -2.50. The Morgan fingerprint density at radius 1 is 1.50 bits per heavy atom. The van der Waals surface area contributed by atoms with Crippen LogP contribution in [0.15, 0.2) is 24.5 Å². The number of nitrogens with one attached hydrogen (secondary N) is 2. The molecule has 0 radical (unpaired) electrons. The molecule has 1 aromatic rings. The molecule has 0 saturated carbocycles. The second-order valence-corrected chi connectivity index (χ2v) is 4.71. The molecule has 0 aromatic carbocycles. The van der Waals surface area contributed by atoms with Crippen molar-refractivity contribution in [2.45, 2.75) is 31.3 Å². The first-order valence-corrected chi connectivity index (χ1v) is 6.54. The van der Waals surface area contributed by atoms with Crippen molar-refractivity contribution in [3.05, 3.63) is 30.1 Å². The minimum Gasteiger partial charge on any atom is -0.372 e. The van der Waals surface area contributed by atoms with Gasteiger partial charge in [0.15, 0.2) is 0 Å². The smallest absolute Gasteiger partial charge is 0.347 e. The summed E-state index contributed by atoms with van der Waals surface area (Å²) >= 11 is 0. The zero-order valence-corrected chi connectivity index (χ0v) is 11.0. The normalized spacial score (nSPS) is 19.4. The zero-order chi connectivity index (χ0) is 14.4. The van der Waals surface area contributed by atoms with Crippen LogP contribution in [-0.2, 0) is 20.8 Å². The number of aromatic nitrogens is 1. The summed E-state index contributed by atoms with van der Waals surface area (Å²) in [6, 6.07) is 2.51. The first-order chi connectivity index (χ1) is 9.70. The number of pyridine rings is 1. The van der Waals surface area contributed by atoms with Gasteiger partial charge in [0.05, 0.1) is 6.04 Å². The van der Waals surface area contributed by atoms with Gasteiger partial charge in [0, 0.05) is 18.8 Å². The van der Waals surface area contributed by atoms with Gasteiger partial charge < -0.3 is 15.5 Å². The molecule has 0 unspecified atom stereocenters. The van der Waals surface area contributed by atoms with E-state index in [4.69, 9.17) is 5.90 Å². The zero-order valence-electron chi connectivity index (χ0n) is 11.0. The van der Waals surface area contributed by atoms with Gasteiger partial charge in [0.2, 0.25) is 5.91 Å². The van der Waals surface area contributed by atoms with Gasteiger partial charge in [-0.1, -0.05) is 0 Å². The Morgan fingerprint density at radius 2 is 2.25 bits per heavy atom. The molecular weight excluding hydrogens is 260 g/mol. The van der Waals surface area contributed by atoms with E-state index in [1.807, 2.05) is 0 Å². The maximum absolute atomic E-state index is 12.0. The summed E-state index contributed by atoms with van der Waals surface area (Å²) in [5.74, 6) is 4.07. The average Bonchev–Trinajstić information content (AvgIpc) is 3.01. The Bertz CT molecular complexity index is 460. The summed E-state index contributed by atoms with van der Waals surface area (Å²) in [6.07, 6.45) is 5.29. The second-order valence-electron chi connectivity index (χ2n) is 4.71. The van der Waals surface area contributed by atoms with Gasteiger partial charge in [0.25, 0.3) is 0 Å². The third-order valence-electron chi connectivity index (χ3n) is 3.28. The predicted octanol–water partition coefficient (Wildman–Crippen LogP) is -0.722. The molecule has 0 aliphatic carbocycles. The Balaban J connectivity index is 2.00. The molecule has 2 atom stereocenters. The van der Waals surface area contributed by atoms with Crippen molar-refractivity contribution in [2.75, 3.05) is 6.54 Å². The maximum atomic E-state index is 12.0. The monoisotopic (exact) mass is 278 g/mol. The molecule has 20 heavy (non-hydrogen) atoms. The van der Waals surface area contributed by atoms with Crippen molar-refractivity contribution >= 4 is 11.9 Å². The number of amides is 1. The fourth-order valence-electron chi connectivity index (χ4n) is 2.21. The van der Waals surface area contributed by atoms with Gasteiger partial charge in [0.1, 0.15) is 6.04 Å². The second kappa shape index (κ2) is 6.97. The van der Waals surface area contributed by atoms with E-state index >= 15 is 0 Å². The molecule has 1 aliphatic heterocycles. The van der Waals surface area contributed by atoms with E-state index < -0.39 is 12.0 Å². The lowest BCUT2D eigenvalue weighted by Gasteiger charge is -2.18. The maximum Gasteiger partial charge on any atom is 0.347 e. The van der Waals surface area contributed by atoms with Crippen LogP contribution in [0.2, 0.25) is 0 Å². The summed E-state index contributed by atoms with van der Waals surface area (Å²) in [5.41, 5.74) is 0.870. The van der Waals surface area contributed by atoms with Crippen molar-refractivity contribution in [3.8, 4) is 0 Å². The number of rotatable bonds is 5. The lowest BCUT2D eigenvalue weighted by atomic mass is 10.1. The number of nitrogens with zero attached hydrogens (tertiary/aromatic N) is 1. The topological polar surface area (TPSA) is 106 Å². The van der Waals surface area contributed by atoms with Crippen molar-refractivity contribution in [1.82, 2.24) is 15.6 Å². The molecule has 4 N–H and O–H groups in total. The predicted molar refractivity (Wildman–Crippen MR) is 71.2 cm³/mol. The number of carbonyl (C=O) groups excluding carboxylic acids is 2. The quantitative estimate of drug-likeness (QED) is 0.614. The fraction of sp³-hybridized carbons (Fsp3) is 0.462. The molecule has 7 heteroatoms. The molecule has 1 aliphatic rings. The van der Waals surface area contributed by atoms with Gasteiger partial charge in [-0.25, -0.2) is 4.79 Å². The van der Waals surface area contributed by atoms with E-state index in [9.17, 15) is 9.59 Å². The highest BCUT2D eigenvalue weighted by Crippen LogP contribution is 2.07. The average molecular weight is 278 g/mol. The van der Waals surface area contributed by atoms with E-state index in [0.717, 1.165) is 24.9 Å². The largest absolute Gasteiger partial charge is 0.372 e. The van der Waals surface area contributed by atoms with Gasteiger partial charge in [-0.15, -0.1) is 0 Å². The minimum atomic E-state index is -0.794. The Labute approximate surface area is 116 Å². The molecule has 1 fully saturated rings. The Morgan fingerprint density at radius 3 is 2.85 bits per heavy atom. The standard InChI is InChI=1S/C13H18N4O3/c14-20-13(19)11(8-9-3-6-15-7-4-9)17-12(18)10-2-1-5-16-10/h3-4,6-7,10-11,16H,1-2,5,8,14H2,(H,17,18)/t10-,11-/m0/s1. The minimum absolute atomic E-state index is 0.202. The van der Waals surface area contributed by atoms with Crippen LogP contribution >= 0.6 is 0 Å². The molecule has 108 valence electrons. The first kappa shape index (κ1) is 14.4. The fourth-order valence-corrected chi connectivity index (χ4v) is 2.21. The summed E-state index contributed by atoms with van der Waals surface area (Å²) in [6.45, 7) is 0.814. The van der Waals surface area contributed by atoms with Gasteiger partial charge in [-0.3, -0.25) is 9.78 Å². The van der Waals surface area contributed by atoms with Crippen molar-refractivity contribution in [3.63, 3.8) is 0 Å². The summed E-state index contributed by atoms with van der Waals surface area (Å²) in [4.78, 5) is 31.9. The van der Waals surface area contributed by atoms with Crippen molar-refractivity contribution < 1.29 is 14.4 Å². The van der Waals surface area contributed by atoms with Gasteiger partial charge >= 0.3 is 5.97 Å². The summed E-state index contributed by atoms with van der Waals surface area (Å²) in [5, 5.41) is 5.76. The van der Waals surface area contributed by atoms with Crippen LogP contribution in [0, 0.1) is 0 Å². The third-order valence-corrected chi connectivity index (χ3v) is 3.28. The molecular formula is C13H18N4O3. The lowest BCUT2D eigenvalue weighted by molar-refractivity contribution is -0.148. The van der Waals surface area contributed by atoms with E-state index in [-0.39, 0.29) is 11.9 Å².